The van der Waals surface area contributed by atoms with Crippen molar-refractivity contribution >= 4 is 32.6 Å². The highest BCUT2D eigenvalue weighted by Crippen LogP contribution is 2.39. The number of benzene rings is 3. The number of hydrogen-bond acceptors (Lipinski definition) is 7. The lowest BCUT2D eigenvalue weighted by molar-refractivity contribution is 0.102. The number of fused-ring (bicyclic) bond motifs is 1. The predicted molar refractivity (Wildman–Crippen MR) is 149 cm³/mol. The van der Waals surface area contributed by atoms with Gasteiger partial charge in [-0.3, -0.25) is 15.0 Å². The molecule has 1 aliphatic heterocycles. The van der Waals surface area contributed by atoms with Gasteiger partial charge < -0.3 is 14.4 Å². The number of hydrogen-bond donors (Lipinski definition) is 1. The molecule has 1 unspecified atom stereocenters. The second-order valence-corrected chi connectivity index (χ2v) is 10.5. The fourth-order valence-corrected chi connectivity index (χ4v) is 5.54. The largest absolute Gasteiger partial charge is 0.494 e. The summed E-state index contributed by atoms with van der Waals surface area (Å²) in [6.45, 7) is 3.52. The van der Waals surface area contributed by atoms with E-state index in [9.17, 15) is 4.79 Å². The second-order valence-electron chi connectivity index (χ2n) is 9.53. The Hall–Kier alpha value is -3.46. The monoisotopic (exact) mass is 516 g/mol. The first-order chi connectivity index (χ1) is 18.0. The number of likely N-dealkylation sites (N-methyl/N-ethyl adjacent to an activating group) is 1. The molecule has 0 saturated carbocycles. The Kier molecular flexibility index (Phi) is 7.69. The molecule has 192 valence electrons. The minimum Gasteiger partial charge on any atom is -0.494 e. The number of amides is 1. The van der Waals surface area contributed by atoms with Crippen LogP contribution < -0.4 is 14.8 Å². The molecule has 2 heterocycles. The van der Waals surface area contributed by atoms with Crippen molar-refractivity contribution in [3.63, 3.8) is 0 Å². The number of rotatable bonds is 9. The van der Waals surface area contributed by atoms with Gasteiger partial charge in [0.2, 0.25) is 0 Å². The molecule has 8 heteroatoms. The van der Waals surface area contributed by atoms with Crippen LogP contribution in [0.2, 0.25) is 0 Å². The molecule has 0 aliphatic carbocycles. The zero-order chi connectivity index (χ0) is 25.8. The first kappa shape index (κ1) is 25.2. The zero-order valence-corrected chi connectivity index (χ0v) is 22.3. The van der Waals surface area contributed by atoms with Gasteiger partial charge in [0, 0.05) is 31.2 Å². The molecule has 1 aliphatic rings. The van der Waals surface area contributed by atoms with Crippen LogP contribution in [-0.4, -0.2) is 61.0 Å². The Labute approximate surface area is 221 Å². The minimum atomic E-state index is -0.190. The van der Waals surface area contributed by atoms with Crippen molar-refractivity contribution in [2.75, 3.05) is 39.6 Å². The summed E-state index contributed by atoms with van der Waals surface area (Å²) >= 11 is 1.38. The van der Waals surface area contributed by atoms with Crippen LogP contribution in [0, 0.1) is 0 Å². The fourth-order valence-electron chi connectivity index (χ4n) is 4.59. The van der Waals surface area contributed by atoms with Crippen molar-refractivity contribution in [2.24, 2.45) is 0 Å². The minimum absolute atomic E-state index is 0.190. The lowest BCUT2D eigenvalue weighted by Crippen LogP contribution is -2.31. The van der Waals surface area contributed by atoms with Gasteiger partial charge in [-0.2, -0.15) is 0 Å². The molecular formula is C29H32N4O3S. The zero-order valence-electron chi connectivity index (χ0n) is 21.4. The Morgan fingerprint density at radius 2 is 1.81 bits per heavy atom. The highest BCUT2D eigenvalue weighted by molar-refractivity contribution is 7.22. The van der Waals surface area contributed by atoms with E-state index < -0.39 is 0 Å². The Morgan fingerprint density at radius 1 is 1.05 bits per heavy atom. The van der Waals surface area contributed by atoms with Crippen LogP contribution in [0.5, 0.6) is 11.5 Å². The van der Waals surface area contributed by atoms with Gasteiger partial charge in [0.1, 0.15) is 28.3 Å². The molecule has 0 bridgehead atoms. The van der Waals surface area contributed by atoms with Crippen molar-refractivity contribution < 1.29 is 14.3 Å². The summed E-state index contributed by atoms with van der Waals surface area (Å²) in [4.78, 5) is 22.4. The van der Waals surface area contributed by atoms with E-state index in [1.807, 2.05) is 66.7 Å². The van der Waals surface area contributed by atoms with Crippen molar-refractivity contribution in [3.05, 3.63) is 83.4 Å². The third-order valence-electron chi connectivity index (χ3n) is 6.75. The van der Waals surface area contributed by atoms with Gasteiger partial charge >= 0.3 is 0 Å². The standard InChI is InChI=1S/C29H32N4O3S/c1-32(2)23-15-16-33(18-23)17-20-9-11-22(12-10-20)28(34)31-29-30-26-24(35-3)13-14-25(27(26)37-29)36-19-21-7-5-4-6-8-21/h4-14,23H,15-19H2,1-3H3,(H,30,31,34). The smallest absolute Gasteiger partial charge is 0.257 e. The molecule has 1 amide bonds. The summed E-state index contributed by atoms with van der Waals surface area (Å²) in [5, 5.41) is 3.46. The summed E-state index contributed by atoms with van der Waals surface area (Å²) in [5.74, 6) is 1.16. The predicted octanol–water partition coefficient (Wildman–Crippen LogP) is 5.27. The number of thiazole rings is 1. The van der Waals surface area contributed by atoms with Crippen LogP contribution in [0.4, 0.5) is 5.13 Å². The Bertz CT molecular complexity index is 1360. The molecule has 0 spiro atoms. The number of nitrogens with one attached hydrogen (secondary N) is 1. The third kappa shape index (κ3) is 5.93. The summed E-state index contributed by atoms with van der Waals surface area (Å²) in [7, 11) is 5.89. The summed E-state index contributed by atoms with van der Waals surface area (Å²) in [5.41, 5.74) is 3.56. The molecule has 1 aromatic heterocycles. The van der Waals surface area contributed by atoms with Crippen LogP contribution in [0.1, 0.15) is 27.9 Å². The van der Waals surface area contributed by atoms with Gasteiger partial charge in [-0.05, 0) is 55.9 Å². The average molecular weight is 517 g/mol. The molecule has 0 radical (unpaired) electrons. The number of ether oxygens (including phenoxy) is 2. The van der Waals surface area contributed by atoms with Crippen LogP contribution in [0.15, 0.2) is 66.7 Å². The molecule has 1 atom stereocenters. The maximum Gasteiger partial charge on any atom is 0.257 e. The van der Waals surface area contributed by atoms with Crippen molar-refractivity contribution in [1.82, 2.24) is 14.8 Å². The highest BCUT2D eigenvalue weighted by Gasteiger charge is 2.24. The summed E-state index contributed by atoms with van der Waals surface area (Å²) < 4.78 is 12.4. The first-order valence-corrected chi connectivity index (χ1v) is 13.2. The molecule has 3 aromatic carbocycles. The van der Waals surface area contributed by atoms with Crippen molar-refractivity contribution in [2.45, 2.75) is 25.6 Å². The van der Waals surface area contributed by atoms with E-state index in [1.165, 1.54) is 23.3 Å². The number of nitrogens with zero attached hydrogens (tertiary/aromatic N) is 3. The average Bonchev–Trinajstić information content (AvgIpc) is 3.56. The van der Waals surface area contributed by atoms with Gasteiger partial charge in [0.25, 0.3) is 5.91 Å². The van der Waals surface area contributed by atoms with Gasteiger partial charge in [0.05, 0.1) is 7.11 Å². The van der Waals surface area contributed by atoms with E-state index in [4.69, 9.17) is 9.47 Å². The van der Waals surface area contributed by atoms with E-state index in [0.29, 0.717) is 40.4 Å². The van der Waals surface area contributed by atoms with Crippen LogP contribution in [-0.2, 0) is 13.2 Å². The number of carbonyl (C=O) groups excluding carboxylic acids is 1. The van der Waals surface area contributed by atoms with Gasteiger partial charge in [-0.1, -0.05) is 53.8 Å². The number of methoxy groups -OCH3 is 1. The molecule has 37 heavy (non-hydrogen) atoms. The lowest BCUT2D eigenvalue weighted by atomic mass is 10.1. The second kappa shape index (κ2) is 11.3. The highest BCUT2D eigenvalue weighted by atomic mass is 32.1. The molecule has 7 nitrogen and oxygen atoms in total. The summed E-state index contributed by atoms with van der Waals surface area (Å²) in [6, 6.07) is 22.2. The molecule has 1 N–H and O–H groups in total. The van der Waals surface area contributed by atoms with Crippen LogP contribution in [0.25, 0.3) is 10.2 Å². The van der Waals surface area contributed by atoms with E-state index >= 15 is 0 Å². The third-order valence-corrected chi connectivity index (χ3v) is 7.73. The Balaban J connectivity index is 1.26. The summed E-state index contributed by atoms with van der Waals surface area (Å²) in [6.07, 6.45) is 1.19. The number of carbonyl (C=O) groups is 1. The van der Waals surface area contributed by atoms with Gasteiger partial charge in [-0.15, -0.1) is 0 Å². The normalized spacial score (nSPS) is 15.8. The molecule has 1 fully saturated rings. The van der Waals surface area contributed by atoms with E-state index in [-0.39, 0.29) is 5.91 Å². The molecular weight excluding hydrogens is 484 g/mol. The van der Waals surface area contributed by atoms with Crippen molar-refractivity contribution in [3.8, 4) is 11.5 Å². The Morgan fingerprint density at radius 3 is 2.51 bits per heavy atom. The number of anilines is 1. The molecule has 4 aromatic rings. The fraction of sp³-hybridized carbons (Fsp3) is 0.310. The van der Waals surface area contributed by atoms with Crippen LogP contribution in [0.3, 0.4) is 0 Å². The maximum atomic E-state index is 13.0. The van der Waals surface area contributed by atoms with Gasteiger partial charge in [-0.25, -0.2) is 4.98 Å². The van der Waals surface area contributed by atoms with E-state index in [0.717, 1.165) is 29.9 Å². The lowest BCUT2D eigenvalue weighted by Gasteiger charge is -2.20. The SMILES string of the molecule is COc1ccc(OCc2ccccc2)c2sc(NC(=O)c3ccc(CN4CCC(N(C)C)C4)cc3)nc12. The van der Waals surface area contributed by atoms with E-state index in [2.05, 4.69) is 34.2 Å². The van der Waals surface area contributed by atoms with E-state index in [1.54, 1.807) is 7.11 Å². The first-order valence-electron chi connectivity index (χ1n) is 12.4. The quantitative estimate of drug-likeness (QED) is 0.327. The van der Waals surface area contributed by atoms with Crippen LogP contribution >= 0.6 is 11.3 Å². The van der Waals surface area contributed by atoms with Gasteiger partial charge in [0.15, 0.2) is 5.13 Å². The topological polar surface area (TPSA) is 66.9 Å². The number of aromatic nitrogens is 1. The molecule has 1 saturated heterocycles. The maximum absolute atomic E-state index is 13.0. The number of likely N-dealkylation sites (tertiary alicyclic amines) is 1. The molecule has 5 rings (SSSR count). The van der Waals surface area contributed by atoms with Crippen molar-refractivity contribution in [1.29, 1.82) is 0 Å².